The first-order chi connectivity index (χ1) is 19.6. The number of amides is 2. The number of carbonyl (C=O) groups is 4. The van der Waals surface area contributed by atoms with Crippen LogP contribution in [0.5, 0.6) is 0 Å². The van der Waals surface area contributed by atoms with Crippen LogP contribution in [0.2, 0.25) is 0 Å². The molecule has 2 aliphatic rings. The average Bonchev–Trinajstić information content (AvgIpc) is 3.35. The number of hydrogen-bond acceptors (Lipinski definition) is 13. The number of carbonyl (C=O) groups excluding carboxylic acids is 4. The molecule has 2 aromatic rings. The van der Waals surface area contributed by atoms with Crippen molar-refractivity contribution >= 4 is 63.8 Å². The van der Waals surface area contributed by atoms with E-state index in [1.807, 2.05) is 19.9 Å². The molecule has 0 aliphatic carbocycles. The summed E-state index contributed by atoms with van der Waals surface area (Å²) >= 11 is 2.38. The molecule has 41 heavy (non-hydrogen) atoms. The molecule has 4 rings (SSSR count). The van der Waals surface area contributed by atoms with Crippen LogP contribution in [0.3, 0.4) is 0 Å². The van der Waals surface area contributed by atoms with Gasteiger partial charge in [0.2, 0.25) is 6.29 Å². The van der Waals surface area contributed by atoms with Crippen LogP contribution in [0.1, 0.15) is 38.4 Å². The van der Waals surface area contributed by atoms with Gasteiger partial charge in [0, 0.05) is 36.9 Å². The van der Waals surface area contributed by atoms with Gasteiger partial charge < -0.3 is 25.7 Å². The second-order valence-electron chi connectivity index (χ2n) is 9.43. The van der Waals surface area contributed by atoms with Crippen LogP contribution < -0.4 is 11.1 Å². The summed E-state index contributed by atoms with van der Waals surface area (Å²) in [5.74, 6) is -2.43. The molecule has 1 fully saturated rings. The van der Waals surface area contributed by atoms with Crippen molar-refractivity contribution in [2.45, 2.75) is 44.9 Å². The maximum absolute atomic E-state index is 13.4. The zero-order chi connectivity index (χ0) is 29.7. The Morgan fingerprint density at radius 3 is 2.71 bits per heavy atom. The first-order valence-electron chi connectivity index (χ1n) is 12.5. The normalized spacial score (nSPS) is 19.6. The molecule has 13 nitrogen and oxygen atoms in total. The number of ether oxygens (including phenoxy) is 2. The standard InChI is InChI=1S/C26H28N6O7S2/c1-13(2)9-18(33)38-14(3)39-25(36)21-16(7-6-15-5-4-8-28-10-15)11-40-24-20(23(35)32(21)24)30-22(34)19(31-37)17-12-41-26(27)29-17/h4-8,10,12-14,20,24,37H,9,11H2,1-3H3,(H2,27,29)(H,30,34)/b7-6-,31-19?/t14-,20+,24-/m0/s1. The summed E-state index contributed by atoms with van der Waals surface area (Å²) < 4.78 is 10.6. The van der Waals surface area contributed by atoms with E-state index < -0.39 is 47.2 Å². The van der Waals surface area contributed by atoms with E-state index in [4.69, 9.17) is 15.2 Å². The number of allylic oxidation sites excluding steroid dienone is 1. The fourth-order valence-corrected chi connectivity index (χ4v) is 5.91. The number of anilines is 1. The molecule has 1 saturated heterocycles. The topological polar surface area (TPSA) is 186 Å². The number of thioether (sulfide) groups is 1. The van der Waals surface area contributed by atoms with Crippen LogP contribution in [0.4, 0.5) is 5.13 Å². The van der Waals surface area contributed by atoms with Crippen molar-refractivity contribution in [2.75, 3.05) is 11.5 Å². The van der Waals surface area contributed by atoms with Crippen molar-refractivity contribution in [1.29, 1.82) is 0 Å². The Morgan fingerprint density at radius 1 is 1.29 bits per heavy atom. The minimum absolute atomic E-state index is 0.0283. The van der Waals surface area contributed by atoms with E-state index in [9.17, 15) is 24.4 Å². The number of nitrogens with two attached hydrogens (primary N) is 1. The van der Waals surface area contributed by atoms with Gasteiger partial charge in [-0.1, -0.05) is 37.2 Å². The molecule has 15 heteroatoms. The third-order valence-corrected chi connectivity index (χ3v) is 7.84. The SMILES string of the molecule is CC(C)CC(=O)O[C@H](C)OC(=O)C1=C(/C=C\c2cccnc2)CS[C@H]2[C@H](NC(=O)C(=NO)c3csc(N)n3)C(=O)N12. The number of esters is 2. The molecule has 4 heterocycles. The van der Waals surface area contributed by atoms with Crippen LogP contribution in [0, 0.1) is 5.92 Å². The monoisotopic (exact) mass is 600 g/mol. The summed E-state index contributed by atoms with van der Waals surface area (Å²) in [6.07, 6.45) is 5.66. The summed E-state index contributed by atoms with van der Waals surface area (Å²) in [6.45, 7) is 5.13. The lowest BCUT2D eigenvalue weighted by Gasteiger charge is -2.49. The fourth-order valence-electron chi connectivity index (χ4n) is 4.05. The second kappa shape index (κ2) is 13.0. The van der Waals surface area contributed by atoms with Gasteiger partial charge in [0.1, 0.15) is 22.8 Å². The van der Waals surface area contributed by atoms with E-state index in [2.05, 4.69) is 20.4 Å². The number of pyridine rings is 1. The zero-order valence-electron chi connectivity index (χ0n) is 22.3. The Bertz CT molecular complexity index is 1420. The van der Waals surface area contributed by atoms with Gasteiger partial charge in [-0.05, 0) is 23.1 Å². The van der Waals surface area contributed by atoms with Gasteiger partial charge in [-0.2, -0.15) is 0 Å². The number of β-lactam (4-membered cyclic amide) rings is 1. The Balaban J connectivity index is 1.55. The maximum Gasteiger partial charge on any atom is 0.358 e. The Labute approximate surface area is 243 Å². The number of nitrogens with one attached hydrogen (secondary N) is 1. The van der Waals surface area contributed by atoms with Gasteiger partial charge in [0.15, 0.2) is 10.8 Å². The van der Waals surface area contributed by atoms with Gasteiger partial charge in [0.05, 0.1) is 0 Å². The molecular weight excluding hydrogens is 572 g/mol. The maximum atomic E-state index is 13.4. The highest BCUT2D eigenvalue weighted by molar-refractivity contribution is 8.00. The quantitative estimate of drug-likeness (QED) is 0.0906. The molecule has 0 unspecified atom stereocenters. The molecule has 216 valence electrons. The van der Waals surface area contributed by atoms with Crippen molar-refractivity contribution < 1.29 is 33.9 Å². The second-order valence-corrected chi connectivity index (χ2v) is 11.4. The van der Waals surface area contributed by atoms with E-state index in [0.29, 0.717) is 11.3 Å². The minimum atomic E-state index is -1.20. The number of rotatable bonds is 10. The van der Waals surface area contributed by atoms with E-state index in [0.717, 1.165) is 16.9 Å². The van der Waals surface area contributed by atoms with Crippen molar-refractivity contribution in [3.63, 3.8) is 0 Å². The molecule has 0 saturated carbocycles. The molecule has 2 amide bonds. The van der Waals surface area contributed by atoms with E-state index in [-0.39, 0.29) is 28.9 Å². The highest BCUT2D eigenvalue weighted by Gasteiger charge is 2.54. The highest BCUT2D eigenvalue weighted by Crippen LogP contribution is 2.41. The number of nitrogen functional groups attached to an aromatic ring is 1. The number of nitrogens with zero attached hydrogens (tertiary/aromatic N) is 4. The molecular formula is C26H28N6O7S2. The third-order valence-electron chi connectivity index (χ3n) is 5.86. The number of fused-ring (bicyclic) bond motifs is 1. The summed E-state index contributed by atoms with van der Waals surface area (Å²) in [4.78, 5) is 60.8. The van der Waals surface area contributed by atoms with Crippen molar-refractivity contribution in [3.05, 3.63) is 58.5 Å². The van der Waals surface area contributed by atoms with Crippen molar-refractivity contribution in [2.24, 2.45) is 11.1 Å². The Kier molecular flexibility index (Phi) is 9.39. The van der Waals surface area contributed by atoms with Crippen molar-refractivity contribution in [1.82, 2.24) is 20.2 Å². The lowest BCUT2D eigenvalue weighted by atomic mass is 10.0. The first kappa shape index (κ1) is 29.7. The predicted octanol–water partition coefficient (Wildman–Crippen LogP) is 2.14. The van der Waals surface area contributed by atoms with E-state index in [1.54, 1.807) is 30.6 Å². The fraction of sp³-hybridized carbons (Fsp3) is 0.346. The number of oxime groups is 1. The smallest absolute Gasteiger partial charge is 0.358 e. The third kappa shape index (κ3) is 6.92. The minimum Gasteiger partial charge on any atom is -0.425 e. The Morgan fingerprint density at radius 2 is 2.07 bits per heavy atom. The lowest BCUT2D eigenvalue weighted by Crippen LogP contribution is -2.71. The molecule has 0 spiro atoms. The number of hydrogen-bond donors (Lipinski definition) is 3. The van der Waals surface area contributed by atoms with Crippen LogP contribution in [0.15, 0.2) is 52.4 Å². The van der Waals surface area contributed by atoms with Crippen molar-refractivity contribution in [3.8, 4) is 0 Å². The number of thiazole rings is 1. The van der Waals surface area contributed by atoms with Crippen LogP contribution in [-0.2, 0) is 28.7 Å². The molecule has 4 N–H and O–H groups in total. The Hall–Kier alpha value is -4.24. The summed E-state index contributed by atoms with van der Waals surface area (Å²) in [6, 6.07) is 2.57. The van der Waals surface area contributed by atoms with Gasteiger partial charge in [0.25, 0.3) is 11.8 Å². The van der Waals surface area contributed by atoms with E-state index in [1.165, 1.54) is 29.0 Å². The highest BCUT2D eigenvalue weighted by atomic mass is 32.2. The van der Waals surface area contributed by atoms with E-state index >= 15 is 0 Å². The summed E-state index contributed by atoms with van der Waals surface area (Å²) in [7, 11) is 0. The average molecular weight is 601 g/mol. The molecule has 2 aromatic heterocycles. The van der Waals surface area contributed by atoms with Crippen LogP contribution in [0.25, 0.3) is 6.08 Å². The zero-order valence-corrected chi connectivity index (χ0v) is 24.0. The molecule has 2 aliphatic heterocycles. The molecule has 0 radical (unpaired) electrons. The molecule has 3 atom stereocenters. The van der Waals surface area contributed by atoms with Gasteiger partial charge in [-0.3, -0.25) is 24.3 Å². The largest absolute Gasteiger partial charge is 0.425 e. The summed E-state index contributed by atoms with van der Waals surface area (Å²) in [5.41, 5.74) is 6.50. The van der Waals surface area contributed by atoms with Crippen LogP contribution in [-0.4, -0.2) is 73.0 Å². The predicted molar refractivity (Wildman–Crippen MR) is 151 cm³/mol. The first-order valence-corrected chi connectivity index (χ1v) is 14.4. The van der Waals surface area contributed by atoms with Gasteiger partial charge in [-0.15, -0.1) is 23.1 Å². The lowest BCUT2D eigenvalue weighted by molar-refractivity contribution is -0.184. The van der Waals surface area contributed by atoms with Crippen LogP contribution >= 0.6 is 23.1 Å². The number of aromatic nitrogens is 2. The molecule has 0 aromatic carbocycles. The van der Waals surface area contributed by atoms with Gasteiger partial charge >= 0.3 is 11.9 Å². The molecule has 0 bridgehead atoms. The summed E-state index contributed by atoms with van der Waals surface area (Å²) in [5, 5.41) is 15.9. The van der Waals surface area contributed by atoms with Gasteiger partial charge in [-0.25, -0.2) is 9.78 Å².